The average Bonchev–Trinajstić information content (AvgIpc) is 2.94. The molecular weight excluding hydrogens is 591 g/mol. The Morgan fingerprint density at radius 2 is 0.872 bits per heavy atom. The minimum atomic E-state index is -1.35. The fraction of sp³-hybridized carbons (Fsp3) is 0.529. The van der Waals surface area contributed by atoms with E-state index >= 15 is 0 Å². The van der Waals surface area contributed by atoms with Gasteiger partial charge in [0.2, 0.25) is 0 Å². The van der Waals surface area contributed by atoms with Gasteiger partial charge in [-0.15, -0.1) is 0 Å². The number of carbonyl (C=O) groups is 2. The van der Waals surface area contributed by atoms with Crippen LogP contribution in [0.25, 0.3) is 0 Å². The number of rotatable bonds is 20. The molecule has 2 aromatic carbocycles. The molecule has 0 N–H and O–H groups in total. The van der Waals surface area contributed by atoms with E-state index in [0.29, 0.717) is 12.8 Å². The van der Waals surface area contributed by atoms with Crippen molar-refractivity contribution in [2.75, 3.05) is 0 Å². The topological polar surface area (TPSA) is 80.3 Å². The van der Waals surface area contributed by atoms with Gasteiger partial charge in [-0.05, 0) is 36.8 Å². The number of carboxylic acid groups (broad SMARTS) is 2. The molecule has 0 saturated carbocycles. The summed E-state index contributed by atoms with van der Waals surface area (Å²) in [6.45, 7) is 4.29. The summed E-state index contributed by atoms with van der Waals surface area (Å²) in [6.07, 6.45) is 12.9. The first-order valence-electron chi connectivity index (χ1n) is 14.9. The number of hydrogen-bond donors (Lipinski definition) is 0. The Hall–Kier alpha value is -2.08. The summed E-state index contributed by atoms with van der Waals surface area (Å²) in [5.74, 6) is -2.71. The van der Waals surface area contributed by atoms with Crippen LogP contribution < -0.4 is 10.2 Å². The van der Waals surface area contributed by atoms with Crippen molar-refractivity contribution in [3.63, 3.8) is 0 Å². The molecule has 0 spiro atoms. The molecule has 2 rings (SSSR count). The summed E-state index contributed by atoms with van der Waals surface area (Å²) < 4.78 is 2.69. The van der Waals surface area contributed by atoms with Gasteiger partial charge in [-0.3, -0.25) is 0 Å². The van der Waals surface area contributed by atoms with E-state index in [4.69, 9.17) is 0 Å². The molecular formula is C34H48O4Sn. The van der Waals surface area contributed by atoms with E-state index in [-0.39, 0.29) is 45.1 Å². The summed E-state index contributed by atoms with van der Waals surface area (Å²) in [5.41, 5.74) is 2.91. The van der Waals surface area contributed by atoms with Crippen molar-refractivity contribution in [3.05, 3.63) is 82.9 Å². The van der Waals surface area contributed by atoms with E-state index in [1.54, 1.807) is 0 Å². The number of unbranched alkanes of at least 4 members (excludes halogenated alkanes) is 10. The second-order valence-corrected chi connectivity index (χ2v) is 13.6. The molecule has 0 amide bonds. The quantitative estimate of drug-likeness (QED) is 0.0958. The summed E-state index contributed by atoms with van der Waals surface area (Å²) in [4.78, 5) is 22.7. The van der Waals surface area contributed by atoms with Crippen molar-refractivity contribution in [3.8, 4) is 0 Å². The molecule has 5 heteroatoms. The Kier molecular flexibility index (Phi) is 21.3. The molecule has 0 heterocycles. The van der Waals surface area contributed by atoms with Crippen LogP contribution in [0.3, 0.4) is 0 Å². The Morgan fingerprint density at radius 3 is 1.21 bits per heavy atom. The van der Waals surface area contributed by atoms with Crippen LogP contribution in [0, 0.1) is 0 Å². The predicted octanol–water partition coefficient (Wildman–Crippen LogP) is 6.38. The fourth-order valence-electron chi connectivity index (χ4n) is 4.46. The molecule has 0 aliphatic rings. The van der Waals surface area contributed by atoms with Crippen LogP contribution in [0.4, 0.5) is 0 Å². The Morgan fingerprint density at radius 1 is 0.538 bits per heavy atom. The SMILES string of the molecule is CCCCCCCCC(C(=O)[O-])=C(CCCCCCCC)C(=O)[O-].c1ccc([CH2][Sn+2][CH2]c2ccccc2)cc1. The molecule has 39 heavy (non-hydrogen) atoms. The third-order valence-electron chi connectivity index (χ3n) is 6.76. The van der Waals surface area contributed by atoms with Crippen molar-refractivity contribution < 1.29 is 19.8 Å². The van der Waals surface area contributed by atoms with E-state index in [1.807, 2.05) is 0 Å². The zero-order valence-electron chi connectivity index (χ0n) is 24.2. The molecule has 0 radical (unpaired) electrons. The van der Waals surface area contributed by atoms with E-state index in [2.05, 4.69) is 74.5 Å². The average molecular weight is 639 g/mol. The van der Waals surface area contributed by atoms with Gasteiger partial charge in [-0.1, -0.05) is 78.1 Å². The molecule has 0 aromatic heterocycles. The van der Waals surface area contributed by atoms with Gasteiger partial charge in [0.15, 0.2) is 0 Å². The third kappa shape index (κ3) is 18.0. The molecule has 0 aliphatic carbocycles. The van der Waals surface area contributed by atoms with E-state index in [1.165, 1.54) is 32.8 Å². The summed E-state index contributed by atoms with van der Waals surface area (Å²) in [6, 6.07) is 21.7. The normalized spacial score (nSPS) is 11.1. The van der Waals surface area contributed by atoms with Crippen LogP contribution in [0.1, 0.15) is 115 Å². The van der Waals surface area contributed by atoms with Crippen molar-refractivity contribution in [1.82, 2.24) is 0 Å². The maximum absolute atomic E-state index is 11.3. The molecule has 0 atom stereocenters. The van der Waals surface area contributed by atoms with Gasteiger partial charge < -0.3 is 19.8 Å². The summed E-state index contributed by atoms with van der Waals surface area (Å²) in [7, 11) is 0. The van der Waals surface area contributed by atoms with Crippen molar-refractivity contribution in [2.45, 2.75) is 113 Å². The van der Waals surface area contributed by atoms with Gasteiger partial charge in [-0.25, -0.2) is 0 Å². The van der Waals surface area contributed by atoms with Gasteiger partial charge in [0, 0.05) is 0 Å². The first-order chi connectivity index (χ1) is 19.0. The van der Waals surface area contributed by atoms with Crippen LogP contribution in [0.2, 0.25) is 0 Å². The van der Waals surface area contributed by atoms with Crippen LogP contribution in [-0.2, 0) is 18.5 Å². The predicted molar refractivity (Wildman–Crippen MR) is 159 cm³/mol. The number of carboxylic acids is 2. The van der Waals surface area contributed by atoms with Crippen molar-refractivity contribution in [2.24, 2.45) is 0 Å². The molecule has 4 nitrogen and oxygen atoms in total. The second kappa shape index (κ2) is 23.8. The standard InChI is InChI=1S/C20H36O4.2C7H7.Sn/c1-3-5-7-9-11-13-15-17(19(21)22)18(20(23)24)16-14-12-10-8-6-4-2;2*1-7-5-3-2-4-6-7;/h3-16H2,1-2H3,(H,21,22)(H,23,24);2*2-6H,1H2;/q;;;+2/p-2. The van der Waals surface area contributed by atoms with E-state index in [0.717, 1.165) is 51.4 Å². The molecule has 212 valence electrons. The fourth-order valence-corrected chi connectivity index (χ4v) is 7.81. The van der Waals surface area contributed by atoms with Crippen molar-refractivity contribution in [1.29, 1.82) is 0 Å². The molecule has 0 unspecified atom stereocenters. The first kappa shape index (κ1) is 34.9. The molecule has 0 fully saturated rings. The first-order valence-corrected chi connectivity index (χ1v) is 19.0. The zero-order chi connectivity index (χ0) is 28.6. The van der Waals surface area contributed by atoms with Gasteiger partial charge >= 0.3 is 102 Å². The van der Waals surface area contributed by atoms with Gasteiger partial charge in [-0.2, -0.15) is 0 Å². The Bertz CT molecular complexity index is 849. The van der Waals surface area contributed by atoms with Crippen molar-refractivity contribution >= 4 is 33.1 Å². The zero-order valence-corrected chi connectivity index (χ0v) is 27.1. The number of carbonyl (C=O) groups excluding carboxylic acids is 2. The molecule has 2 aromatic rings. The summed E-state index contributed by atoms with van der Waals surface area (Å²) in [5, 5.41) is 22.7. The Labute approximate surface area is 247 Å². The number of hydrogen-bond acceptors (Lipinski definition) is 4. The molecule has 0 bridgehead atoms. The van der Waals surface area contributed by atoms with Gasteiger partial charge in [0.25, 0.3) is 0 Å². The monoisotopic (exact) mass is 640 g/mol. The Balaban J connectivity index is 0.000000429. The van der Waals surface area contributed by atoms with E-state index in [9.17, 15) is 19.8 Å². The number of benzene rings is 2. The molecule has 0 saturated heterocycles. The second-order valence-electron chi connectivity index (χ2n) is 10.1. The van der Waals surface area contributed by atoms with E-state index < -0.39 is 11.9 Å². The van der Waals surface area contributed by atoms with Crippen LogP contribution in [0.5, 0.6) is 0 Å². The van der Waals surface area contributed by atoms with Gasteiger partial charge in [0.1, 0.15) is 0 Å². The van der Waals surface area contributed by atoms with Crippen LogP contribution in [-0.4, -0.2) is 33.1 Å². The van der Waals surface area contributed by atoms with Crippen LogP contribution in [0.15, 0.2) is 71.8 Å². The molecule has 0 aliphatic heterocycles. The maximum atomic E-state index is 11.3. The summed E-state index contributed by atoms with van der Waals surface area (Å²) >= 11 is -0.258. The minimum absolute atomic E-state index is 0.0564. The van der Waals surface area contributed by atoms with Crippen LogP contribution >= 0.6 is 0 Å². The third-order valence-corrected chi connectivity index (χ3v) is 10.5. The number of aliphatic carboxylic acids is 2. The van der Waals surface area contributed by atoms with Gasteiger partial charge in [0.05, 0.1) is 11.9 Å².